The minimum Gasteiger partial charge on any atom is -0.489 e. The van der Waals surface area contributed by atoms with Crippen LogP contribution in [0.3, 0.4) is 0 Å². The minimum absolute atomic E-state index is 0.0458. The lowest BCUT2D eigenvalue weighted by atomic mass is 10.1. The number of hydrogen-bond acceptors (Lipinski definition) is 3. The van der Waals surface area contributed by atoms with Gasteiger partial charge in [0.05, 0.1) is 12.0 Å². The molecule has 2 aromatic carbocycles. The van der Waals surface area contributed by atoms with E-state index in [0.717, 1.165) is 23.4 Å². The molecule has 0 saturated carbocycles. The molecule has 1 aliphatic rings. The molecule has 0 aliphatic carbocycles. The van der Waals surface area contributed by atoms with Crippen molar-refractivity contribution in [2.45, 2.75) is 19.4 Å². The molecular formula is C19H18N2O2. The van der Waals surface area contributed by atoms with Crippen molar-refractivity contribution >= 4 is 11.6 Å². The molecule has 4 heteroatoms. The van der Waals surface area contributed by atoms with E-state index in [1.54, 1.807) is 4.90 Å². The highest BCUT2D eigenvalue weighted by atomic mass is 16.5. The van der Waals surface area contributed by atoms with Gasteiger partial charge in [0.2, 0.25) is 5.91 Å². The van der Waals surface area contributed by atoms with Crippen molar-refractivity contribution in [2.75, 3.05) is 11.4 Å². The summed E-state index contributed by atoms with van der Waals surface area (Å²) in [5.74, 6) is 0.663. The normalized spacial score (nSPS) is 17.1. The molecule has 1 saturated heterocycles. The number of nitriles is 1. The summed E-state index contributed by atoms with van der Waals surface area (Å²) < 4.78 is 5.75. The Morgan fingerprint density at radius 1 is 1.13 bits per heavy atom. The molecule has 1 unspecified atom stereocenters. The van der Waals surface area contributed by atoms with Crippen LogP contribution in [0.15, 0.2) is 54.6 Å². The zero-order valence-corrected chi connectivity index (χ0v) is 12.8. The van der Waals surface area contributed by atoms with Crippen molar-refractivity contribution in [3.63, 3.8) is 0 Å². The predicted molar refractivity (Wildman–Crippen MR) is 87.9 cm³/mol. The van der Waals surface area contributed by atoms with E-state index in [-0.39, 0.29) is 11.8 Å². The number of carbonyl (C=O) groups excluding carboxylic acids is 1. The van der Waals surface area contributed by atoms with Crippen molar-refractivity contribution in [3.05, 3.63) is 60.2 Å². The van der Waals surface area contributed by atoms with Crippen LogP contribution in [-0.2, 0) is 11.4 Å². The lowest BCUT2D eigenvalue weighted by Gasteiger charge is -2.17. The average Bonchev–Trinajstić information content (AvgIpc) is 2.96. The largest absolute Gasteiger partial charge is 0.489 e. The number of nitrogens with zero attached hydrogens (tertiary/aromatic N) is 2. The van der Waals surface area contributed by atoms with Gasteiger partial charge >= 0.3 is 0 Å². The first-order chi connectivity index (χ1) is 11.3. The molecule has 2 aromatic rings. The van der Waals surface area contributed by atoms with E-state index >= 15 is 0 Å². The lowest BCUT2D eigenvalue weighted by Crippen LogP contribution is -2.26. The highest BCUT2D eigenvalue weighted by Crippen LogP contribution is 2.28. The molecular weight excluding hydrogens is 288 g/mol. The SMILES string of the molecule is N#CCC1CCN(c2ccc(OCc3ccccc3)cc2)C1=O. The highest BCUT2D eigenvalue weighted by Gasteiger charge is 2.32. The van der Waals surface area contributed by atoms with Crippen molar-refractivity contribution in [1.29, 1.82) is 5.26 Å². The Balaban J connectivity index is 1.61. The fourth-order valence-corrected chi connectivity index (χ4v) is 2.76. The molecule has 116 valence electrons. The van der Waals surface area contributed by atoms with Gasteiger partial charge in [-0.2, -0.15) is 5.26 Å². The summed E-state index contributed by atoms with van der Waals surface area (Å²) in [5, 5.41) is 8.75. The standard InChI is InChI=1S/C19H18N2O2/c20-12-10-16-11-13-21(19(16)22)17-6-8-18(9-7-17)23-14-15-4-2-1-3-5-15/h1-9,16H,10-11,13-14H2. The fourth-order valence-electron chi connectivity index (χ4n) is 2.76. The summed E-state index contributed by atoms with van der Waals surface area (Å²) in [4.78, 5) is 14.0. The molecule has 0 radical (unpaired) electrons. The maximum absolute atomic E-state index is 12.2. The van der Waals surface area contributed by atoms with E-state index in [0.29, 0.717) is 19.6 Å². The van der Waals surface area contributed by atoms with Crippen LogP contribution in [0.1, 0.15) is 18.4 Å². The lowest BCUT2D eigenvalue weighted by molar-refractivity contribution is -0.120. The van der Waals surface area contributed by atoms with E-state index in [2.05, 4.69) is 6.07 Å². The molecule has 0 aromatic heterocycles. The third-order valence-corrected chi connectivity index (χ3v) is 4.05. The number of anilines is 1. The molecule has 4 nitrogen and oxygen atoms in total. The smallest absolute Gasteiger partial charge is 0.231 e. The summed E-state index contributed by atoms with van der Waals surface area (Å²) in [6, 6.07) is 19.6. The highest BCUT2D eigenvalue weighted by molar-refractivity contribution is 5.97. The summed E-state index contributed by atoms with van der Waals surface area (Å²) in [6.45, 7) is 1.20. The number of ether oxygens (including phenoxy) is 1. The van der Waals surface area contributed by atoms with Gasteiger partial charge in [-0.3, -0.25) is 4.79 Å². The van der Waals surface area contributed by atoms with Crippen molar-refractivity contribution in [3.8, 4) is 11.8 Å². The molecule has 1 fully saturated rings. The van der Waals surface area contributed by atoms with Crippen LogP contribution < -0.4 is 9.64 Å². The zero-order chi connectivity index (χ0) is 16.1. The van der Waals surface area contributed by atoms with Gasteiger partial charge < -0.3 is 9.64 Å². The number of carbonyl (C=O) groups is 1. The van der Waals surface area contributed by atoms with E-state index < -0.39 is 0 Å². The van der Waals surface area contributed by atoms with Gasteiger partial charge in [0.1, 0.15) is 12.4 Å². The molecule has 0 bridgehead atoms. The number of amides is 1. The summed E-state index contributed by atoms with van der Waals surface area (Å²) in [5.41, 5.74) is 1.98. The van der Waals surface area contributed by atoms with Crippen LogP contribution in [0.4, 0.5) is 5.69 Å². The van der Waals surface area contributed by atoms with Crippen LogP contribution >= 0.6 is 0 Å². The maximum atomic E-state index is 12.2. The minimum atomic E-state index is -0.158. The maximum Gasteiger partial charge on any atom is 0.231 e. The number of benzene rings is 2. The Morgan fingerprint density at radius 2 is 1.87 bits per heavy atom. The quantitative estimate of drug-likeness (QED) is 0.849. The third kappa shape index (κ3) is 3.51. The van der Waals surface area contributed by atoms with Crippen LogP contribution in [0, 0.1) is 17.2 Å². The van der Waals surface area contributed by atoms with Gasteiger partial charge in [-0.15, -0.1) is 0 Å². The molecule has 0 N–H and O–H groups in total. The Morgan fingerprint density at radius 3 is 2.57 bits per heavy atom. The summed E-state index contributed by atoms with van der Waals surface area (Å²) in [7, 11) is 0. The van der Waals surface area contributed by atoms with Gasteiger partial charge in [0.15, 0.2) is 0 Å². The second kappa shape index (κ2) is 6.97. The zero-order valence-electron chi connectivity index (χ0n) is 12.8. The molecule has 1 aliphatic heterocycles. The topological polar surface area (TPSA) is 53.3 Å². The van der Waals surface area contributed by atoms with Crippen LogP contribution in [0.2, 0.25) is 0 Å². The van der Waals surface area contributed by atoms with Gasteiger partial charge in [-0.25, -0.2) is 0 Å². The van der Waals surface area contributed by atoms with Gasteiger partial charge in [0, 0.05) is 18.7 Å². The van der Waals surface area contributed by atoms with Crippen molar-refractivity contribution in [2.24, 2.45) is 5.92 Å². The van der Waals surface area contributed by atoms with E-state index in [4.69, 9.17) is 10.00 Å². The Hall–Kier alpha value is -2.80. The van der Waals surface area contributed by atoms with Crippen LogP contribution in [-0.4, -0.2) is 12.5 Å². The van der Waals surface area contributed by atoms with Crippen LogP contribution in [0.5, 0.6) is 5.75 Å². The summed E-state index contributed by atoms with van der Waals surface area (Å²) in [6.07, 6.45) is 1.05. The Bertz CT molecular complexity index is 704. The fraction of sp³-hybridized carbons (Fsp3) is 0.263. The third-order valence-electron chi connectivity index (χ3n) is 4.05. The van der Waals surface area contributed by atoms with E-state index in [1.807, 2.05) is 54.6 Å². The second-order valence-corrected chi connectivity index (χ2v) is 5.61. The molecule has 3 rings (SSSR count). The number of hydrogen-bond donors (Lipinski definition) is 0. The molecule has 1 amide bonds. The molecule has 1 heterocycles. The van der Waals surface area contributed by atoms with E-state index in [9.17, 15) is 4.79 Å². The predicted octanol–water partition coefficient (Wildman–Crippen LogP) is 3.53. The molecule has 1 atom stereocenters. The van der Waals surface area contributed by atoms with E-state index in [1.165, 1.54) is 0 Å². The first kappa shape index (κ1) is 15.1. The second-order valence-electron chi connectivity index (χ2n) is 5.61. The van der Waals surface area contributed by atoms with Crippen LogP contribution in [0.25, 0.3) is 0 Å². The Labute approximate surface area is 135 Å². The first-order valence-corrected chi connectivity index (χ1v) is 7.73. The first-order valence-electron chi connectivity index (χ1n) is 7.73. The Kier molecular flexibility index (Phi) is 4.58. The number of rotatable bonds is 5. The van der Waals surface area contributed by atoms with Gasteiger partial charge in [-0.1, -0.05) is 30.3 Å². The molecule has 23 heavy (non-hydrogen) atoms. The van der Waals surface area contributed by atoms with Crippen molar-refractivity contribution in [1.82, 2.24) is 0 Å². The monoisotopic (exact) mass is 306 g/mol. The van der Waals surface area contributed by atoms with Crippen molar-refractivity contribution < 1.29 is 9.53 Å². The van der Waals surface area contributed by atoms with Gasteiger partial charge in [-0.05, 0) is 36.2 Å². The summed E-state index contributed by atoms with van der Waals surface area (Å²) >= 11 is 0. The van der Waals surface area contributed by atoms with Gasteiger partial charge in [0.25, 0.3) is 0 Å². The molecule has 0 spiro atoms. The average molecular weight is 306 g/mol.